The number of aromatic nitrogens is 1. The predicted molar refractivity (Wildman–Crippen MR) is 99.7 cm³/mol. The van der Waals surface area contributed by atoms with E-state index in [1.54, 1.807) is 6.07 Å². The number of nitrogens with one attached hydrogen (secondary N) is 1. The first-order valence-electron chi connectivity index (χ1n) is 9.04. The molecule has 0 saturated heterocycles. The number of oxazole rings is 1. The molecule has 6 nitrogen and oxygen atoms in total. The van der Waals surface area contributed by atoms with Gasteiger partial charge in [0.15, 0.2) is 5.69 Å². The number of amides is 2. The monoisotopic (exact) mass is 375 g/mol. The Hall–Kier alpha value is -2.70. The first-order chi connectivity index (χ1) is 12.8. The van der Waals surface area contributed by atoms with Crippen LogP contribution >= 0.6 is 0 Å². The lowest BCUT2D eigenvalue weighted by atomic mass is 10.1. The van der Waals surface area contributed by atoms with Crippen molar-refractivity contribution in [2.45, 2.75) is 34.2 Å². The van der Waals surface area contributed by atoms with Gasteiger partial charge in [-0.3, -0.25) is 9.59 Å². The van der Waals surface area contributed by atoms with Crippen LogP contribution in [-0.2, 0) is 6.54 Å². The van der Waals surface area contributed by atoms with Crippen molar-refractivity contribution in [3.63, 3.8) is 0 Å². The second-order valence-corrected chi connectivity index (χ2v) is 7.29. The van der Waals surface area contributed by atoms with Crippen LogP contribution in [0.15, 0.2) is 34.9 Å². The van der Waals surface area contributed by atoms with Gasteiger partial charge in [0, 0.05) is 13.1 Å². The SMILES string of the molecule is CC(C)CNC(=O)c1coc(CN(CC(C)C)C(=O)c2ccccc2F)n1. The second-order valence-electron chi connectivity index (χ2n) is 7.29. The van der Waals surface area contributed by atoms with Gasteiger partial charge in [0.25, 0.3) is 11.8 Å². The summed E-state index contributed by atoms with van der Waals surface area (Å²) < 4.78 is 19.4. The molecule has 1 heterocycles. The van der Waals surface area contributed by atoms with Crippen LogP contribution in [-0.4, -0.2) is 34.8 Å². The van der Waals surface area contributed by atoms with Crippen LogP contribution in [0.2, 0.25) is 0 Å². The Morgan fingerprint density at radius 2 is 1.89 bits per heavy atom. The normalized spacial score (nSPS) is 11.1. The van der Waals surface area contributed by atoms with Crippen molar-refractivity contribution in [2.24, 2.45) is 11.8 Å². The van der Waals surface area contributed by atoms with Gasteiger partial charge in [-0.05, 0) is 24.0 Å². The van der Waals surface area contributed by atoms with E-state index >= 15 is 0 Å². The highest BCUT2D eigenvalue weighted by molar-refractivity contribution is 5.94. The fourth-order valence-electron chi connectivity index (χ4n) is 2.50. The Morgan fingerprint density at radius 3 is 2.52 bits per heavy atom. The number of nitrogens with zero attached hydrogens (tertiary/aromatic N) is 2. The van der Waals surface area contributed by atoms with E-state index in [-0.39, 0.29) is 35.5 Å². The van der Waals surface area contributed by atoms with E-state index in [4.69, 9.17) is 4.42 Å². The summed E-state index contributed by atoms with van der Waals surface area (Å²) in [7, 11) is 0. The first kappa shape index (κ1) is 20.6. The molecule has 0 unspecified atom stereocenters. The minimum absolute atomic E-state index is 0.000365. The van der Waals surface area contributed by atoms with Gasteiger partial charge in [-0.25, -0.2) is 9.37 Å². The van der Waals surface area contributed by atoms with Crippen molar-refractivity contribution in [1.29, 1.82) is 0 Å². The number of hydrogen-bond donors (Lipinski definition) is 1. The van der Waals surface area contributed by atoms with Crippen LogP contribution in [0.4, 0.5) is 4.39 Å². The quantitative estimate of drug-likeness (QED) is 0.766. The minimum Gasteiger partial charge on any atom is -0.446 e. The highest BCUT2D eigenvalue weighted by Crippen LogP contribution is 2.15. The standard InChI is InChI=1S/C20H26FN3O3/c1-13(2)9-22-19(25)17-12-27-18(23-17)11-24(10-14(3)4)20(26)15-7-5-6-8-16(15)21/h5-8,12-14H,9-11H2,1-4H3,(H,22,25). The van der Waals surface area contributed by atoms with E-state index in [1.807, 2.05) is 27.7 Å². The summed E-state index contributed by atoms with van der Waals surface area (Å²) in [5.74, 6) is -0.613. The molecule has 0 spiro atoms. The van der Waals surface area contributed by atoms with Gasteiger partial charge in [0.05, 0.1) is 12.1 Å². The van der Waals surface area contributed by atoms with Crippen LogP contribution in [0.5, 0.6) is 0 Å². The molecule has 27 heavy (non-hydrogen) atoms. The van der Waals surface area contributed by atoms with E-state index in [2.05, 4.69) is 10.3 Å². The van der Waals surface area contributed by atoms with Crippen molar-refractivity contribution in [3.05, 3.63) is 53.5 Å². The van der Waals surface area contributed by atoms with E-state index in [1.165, 1.54) is 29.4 Å². The van der Waals surface area contributed by atoms with Crippen LogP contribution in [0, 0.1) is 17.7 Å². The summed E-state index contributed by atoms with van der Waals surface area (Å²) in [6.07, 6.45) is 1.27. The Labute approximate surface area is 158 Å². The Balaban J connectivity index is 2.14. The highest BCUT2D eigenvalue weighted by Gasteiger charge is 2.22. The lowest BCUT2D eigenvalue weighted by Gasteiger charge is -2.23. The number of hydrogen-bond acceptors (Lipinski definition) is 4. The van der Waals surface area contributed by atoms with Crippen molar-refractivity contribution >= 4 is 11.8 Å². The maximum atomic E-state index is 14.0. The molecule has 0 aliphatic heterocycles. The molecule has 0 radical (unpaired) electrons. The summed E-state index contributed by atoms with van der Waals surface area (Å²) in [6, 6.07) is 5.86. The topological polar surface area (TPSA) is 75.4 Å². The molecule has 0 fully saturated rings. The fraction of sp³-hybridized carbons (Fsp3) is 0.450. The molecule has 1 aromatic carbocycles. The molecule has 0 aliphatic rings. The smallest absolute Gasteiger partial charge is 0.273 e. The van der Waals surface area contributed by atoms with Gasteiger partial charge < -0.3 is 14.6 Å². The summed E-state index contributed by atoms with van der Waals surface area (Å²) in [5.41, 5.74) is 0.160. The zero-order valence-electron chi connectivity index (χ0n) is 16.2. The van der Waals surface area contributed by atoms with Crippen LogP contribution < -0.4 is 5.32 Å². The van der Waals surface area contributed by atoms with Gasteiger partial charge in [0.1, 0.15) is 12.1 Å². The lowest BCUT2D eigenvalue weighted by molar-refractivity contribution is 0.0702. The lowest BCUT2D eigenvalue weighted by Crippen LogP contribution is -2.34. The number of halogens is 1. The van der Waals surface area contributed by atoms with E-state index < -0.39 is 11.7 Å². The van der Waals surface area contributed by atoms with Gasteiger partial charge in [-0.15, -0.1) is 0 Å². The van der Waals surface area contributed by atoms with Crippen LogP contribution in [0.25, 0.3) is 0 Å². The number of carbonyl (C=O) groups is 2. The predicted octanol–water partition coefficient (Wildman–Crippen LogP) is 3.50. The molecule has 2 aromatic rings. The van der Waals surface area contributed by atoms with Crippen LogP contribution in [0.3, 0.4) is 0 Å². The summed E-state index contributed by atoms with van der Waals surface area (Å²) >= 11 is 0. The average Bonchev–Trinajstić information content (AvgIpc) is 3.07. The van der Waals surface area contributed by atoms with Gasteiger partial charge >= 0.3 is 0 Å². The summed E-state index contributed by atoms with van der Waals surface area (Å²) in [4.78, 5) is 30.5. The van der Waals surface area contributed by atoms with E-state index in [0.29, 0.717) is 19.0 Å². The highest BCUT2D eigenvalue weighted by atomic mass is 19.1. The average molecular weight is 375 g/mol. The Bertz CT molecular complexity index is 786. The van der Waals surface area contributed by atoms with Gasteiger partial charge in [0.2, 0.25) is 5.89 Å². The number of rotatable bonds is 8. The Morgan fingerprint density at radius 1 is 1.19 bits per heavy atom. The van der Waals surface area contributed by atoms with Crippen molar-refractivity contribution in [1.82, 2.24) is 15.2 Å². The largest absolute Gasteiger partial charge is 0.446 e. The molecule has 1 aromatic heterocycles. The molecule has 0 bridgehead atoms. The molecule has 2 rings (SSSR count). The fourth-order valence-corrected chi connectivity index (χ4v) is 2.50. The second kappa shape index (κ2) is 9.30. The molecule has 2 amide bonds. The zero-order chi connectivity index (χ0) is 20.0. The van der Waals surface area contributed by atoms with Crippen LogP contribution in [0.1, 0.15) is 54.4 Å². The van der Waals surface area contributed by atoms with Crippen molar-refractivity contribution < 1.29 is 18.4 Å². The molecule has 146 valence electrons. The number of benzene rings is 1. The molecule has 7 heteroatoms. The third-order valence-corrected chi connectivity index (χ3v) is 3.76. The molecule has 0 atom stereocenters. The van der Waals surface area contributed by atoms with Gasteiger partial charge in [-0.1, -0.05) is 39.8 Å². The summed E-state index contributed by atoms with van der Waals surface area (Å²) in [6.45, 7) is 8.91. The van der Waals surface area contributed by atoms with E-state index in [9.17, 15) is 14.0 Å². The van der Waals surface area contributed by atoms with Crippen molar-refractivity contribution in [3.8, 4) is 0 Å². The molecular weight excluding hydrogens is 349 g/mol. The molecule has 0 aliphatic carbocycles. The molecular formula is C20H26FN3O3. The zero-order valence-corrected chi connectivity index (χ0v) is 16.2. The third kappa shape index (κ3) is 5.91. The minimum atomic E-state index is -0.572. The first-order valence-corrected chi connectivity index (χ1v) is 9.04. The number of carbonyl (C=O) groups excluding carboxylic acids is 2. The maximum Gasteiger partial charge on any atom is 0.273 e. The molecule has 0 saturated carbocycles. The third-order valence-electron chi connectivity index (χ3n) is 3.76. The Kier molecular flexibility index (Phi) is 7.10. The van der Waals surface area contributed by atoms with Gasteiger partial charge in [-0.2, -0.15) is 0 Å². The van der Waals surface area contributed by atoms with E-state index in [0.717, 1.165) is 0 Å². The molecule has 1 N–H and O–H groups in total. The summed E-state index contributed by atoms with van der Waals surface area (Å²) in [5, 5.41) is 2.76. The maximum absolute atomic E-state index is 14.0. The van der Waals surface area contributed by atoms with Crippen molar-refractivity contribution in [2.75, 3.05) is 13.1 Å².